The van der Waals surface area contributed by atoms with Crippen LogP contribution >= 0.6 is 0 Å². The van der Waals surface area contributed by atoms with E-state index in [0.29, 0.717) is 11.3 Å². The number of rotatable bonds is 3. The smallest absolute Gasteiger partial charge is 0.313 e. The standard InChI is InChI=1S/C10H14N2O3/c1-6-10(7(2)12(3)11-6)8(13)5-9(14)15-4/h5H2,1-4H3. The summed E-state index contributed by atoms with van der Waals surface area (Å²) < 4.78 is 6.07. The molecule has 0 bridgehead atoms. The number of ether oxygens (including phenoxy) is 1. The van der Waals surface area contributed by atoms with Crippen molar-refractivity contribution in [3.63, 3.8) is 0 Å². The van der Waals surface area contributed by atoms with Gasteiger partial charge in [0.1, 0.15) is 6.42 Å². The monoisotopic (exact) mass is 210 g/mol. The molecule has 0 aliphatic heterocycles. The molecule has 1 heterocycles. The van der Waals surface area contributed by atoms with E-state index in [4.69, 9.17) is 0 Å². The van der Waals surface area contributed by atoms with Crippen LogP contribution in [0.25, 0.3) is 0 Å². The number of aromatic nitrogens is 2. The maximum Gasteiger partial charge on any atom is 0.313 e. The van der Waals surface area contributed by atoms with Crippen LogP contribution in [0.5, 0.6) is 0 Å². The van der Waals surface area contributed by atoms with Crippen LogP contribution in [-0.4, -0.2) is 28.6 Å². The summed E-state index contributed by atoms with van der Waals surface area (Å²) in [4.78, 5) is 22.7. The number of hydrogen-bond donors (Lipinski definition) is 0. The van der Waals surface area contributed by atoms with Gasteiger partial charge in [0.15, 0.2) is 5.78 Å². The molecule has 0 atom stereocenters. The third kappa shape index (κ3) is 2.23. The highest BCUT2D eigenvalue weighted by molar-refractivity contribution is 6.07. The summed E-state index contributed by atoms with van der Waals surface area (Å²) in [5.74, 6) is -0.771. The van der Waals surface area contributed by atoms with Gasteiger partial charge in [-0.25, -0.2) is 0 Å². The van der Waals surface area contributed by atoms with Crippen LogP contribution in [0.15, 0.2) is 0 Å². The zero-order valence-electron chi connectivity index (χ0n) is 9.33. The van der Waals surface area contributed by atoms with E-state index in [9.17, 15) is 9.59 Å². The zero-order chi connectivity index (χ0) is 11.6. The molecule has 15 heavy (non-hydrogen) atoms. The number of esters is 1. The fraction of sp³-hybridized carbons (Fsp3) is 0.500. The quantitative estimate of drug-likeness (QED) is 0.420. The Balaban J connectivity index is 2.96. The summed E-state index contributed by atoms with van der Waals surface area (Å²) in [6.07, 6.45) is -0.232. The molecule has 1 rings (SSSR count). The van der Waals surface area contributed by atoms with Crippen LogP contribution in [0.4, 0.5) is 0 Å². The van der Waals surface area contributed by atoms with E-state index in [0.717, 1.165) is 5.69 Å². The summed E-state index contributed by atoms with van der Waals surface area (Å²) in [6, 6.07) is 0. The summed E-state index contributed by atoms with van der Waals surface area (Å²) in [5.41, 5.74) is 1.92. The van der Waals surface area contributed by atoms with Crippen LogP contribution in [0.2, 0.25) is 0 Å². The minimum atomic E-state index is -0.525. The first-order valence-corrected chi connectivity index (χ1v) is 4.57. The van der Waals surface area contributed by atoms with E-state index in [2.05, 4.69) is 9.84 Å². The zero-order valence-corrected chi connectivity index (χ0v) is 9.33. The summed E-state index contributed by atoms with van der Waals surface area (Å²) in [7, 11) is 3.02. The Kier molecular flexibility index (Phi) is 3.24. The second-order valence-corrected chi connectivity index (χ2v) is 3.35. The number of ketones is 1. The topological polar surface area (TPSA) is 61.2 Å². The summed E-state index contributed by atoms with van der Waals surface area (Å²) in [5, 5.41) is 4.11. The second kappa shape index (κ2) is 4.25. The van der Waals surface area contributed by atoms with Crippen molar-refractivity contribution < 1.29 is 14.3 Å². The van der Waals surface area contributed by atoms with Crippen molar-refractivity contribution in [1.29, 1.82) is 0 Å². The van der Waals surface area contributed by atoms with Gasteiger partial charge in [-0.3, -0.25) is 14.3 Å². The number of carbonyl (C=O) groups is 2. The molecule has 0 aliphatic carbocycles. The lowest BCUT2D eigenvalue weighted by Gasteiger charge is -2.00. The average molecular weight is 210 g/mol. The van der Waals surface area contributed by atoms with Crippen molar-refractivity contribution in [1.82, 2.24) is 9.78 Å². The van der Waals surface area contributed by atoms with Gasteiger partial charge in [0, 0.05) is 12.7 Å². The lowest BCUT2D eigenvalue weighted by molar-refractivity contribution is -0.139. The average Bonchev–Trinajstić information content (AvgIpc) is 2.41. The number of carbonyl (C=O) groups excluding carboxylic acids is 2. The molecule has 0 fully saturated rings. The van der Waals surface area contributed by atoms with Crippen LogP contribution in [0.1, 0.15) is 28.2 Å². The molecule has 0 saturated heterocycles. The Labute approximate surface area is 88.0 Å². The Bertz CT molecular complexity index is 407. The van der Waals surface area contributed by atoms with Crippen LogP contribution in [0.3, 0.4) is 0 Å². The maximum atomic E-state index is 11.7. The Morgan fingerprint density at radius 2 is 2.00 bits per heavy atom. The summed E-state index contributed by atoms with van der Waals surface area (Å²) in [6.45, 7) is 3.54. The number of Topliss-reactive ketones (excluding diaryl/α,β-unsaturated/α-hetero) is 1. The predicted molar refractivity (Wildman–Crippen MR) is 53.6 cm³/mol. The molecule has 1 aromatic heterocycles. The first-order chi connectivity index (χ1) is 6.97. The molecule has 0 saturated carbocycles. The molecule has 0 N–H and O–H groups in total. The number of aryl methyl sites for hydroxylation is 2. The van der Waals surface area contributed by atoms with Gasteiger partial charge in [-0.2, -0.15) is 5.10 Å². The van der Waals surface area contributed by atoms with Crippen molar-refractivity contribution in [3.05, 3.63) is 17.0 Å². The van der Waals surface area contributed by atoms with Gasteiger partial charge < -0.3 is 4.74 Å². The Morgan fingerprint density at radius 3 is 2.40 bits per heavy atom. The molecule has 5 nitrogen and oxygen atoms in total. The van der Waals surface area contributed by atoms with Crippen LogP contribution < -0.4 is 0 Å². The summed E-state index contributed by atoms with van der Waals surface area (Å²) >= 11 is 0. The van der Waals surface area contributed by atoms with Crippen molar-refractivity contribution in [2.24, 2.45) is 7.05 Å². The van der Waals surface area contributed by atoms with E-state index in [1.54, 1.807) is 25.6 Å². The first-order valence-electron chi connectivity index (χ1n) is 4.57. The molecule has 0 spiro atoms. The molecule has 0 radical (unpaired) electrons. The molecule has 0 aliphatic rings. The SMILES string of the molecule is COC(=O)CC(=O)c1c(C)nn(C)c1C. The molecular formula is C10H14N2O3. The Morgan fingerprint density at radius 1 is 1.40 bits per heavy atom. The van der Waals surface area contributed by atoms with Gasteiger partial charge in [0.2, 0.25) is 0 Å². The van der Waals surface area contributed by atoms with E-state index >= 15 is 0 Å². The van der Waals surface area contributed by atoms with Gasteiger partial charge in [-0.05, 0) is 13.8 Å². The maximum absolute atomic E-state index is 11.7. The molecule has 0 amide bonds. The van der Waals surface area contributed by atoms with E-state index < -0.39 is 5.97 Å². The van der Waals surface area contributed by atoms with E-state index in [1.807, 2.05) is 0 Å². The fourth-order valence-corrected chi connectivity index (χ4v) is 1.47. The highest BCUT2D eigenvalue weighted by Crippen LogP contribution is 2.14. The molecule has 1 aromatic rings. The van der Waals surface area contributed by atoms with Crippen molar-refractivity contribution in [3.8, 4) is 0 Å². The number of hydrogen-bond acceptors (Lipinski definition) is 4. The van der Waals surface area contributed by atoms with Crippen molar-refractivity contribution in [2.45, 2.75) is 20.3 Å². The van der Waals surface area contributed by atoms with E-state index in [-0.39, 0.29) is 12.2 Å². The molecule has 0 unspecified atom stereocenters. The predicted octanol–water partition coefficient (Wildman–Crippen LogP) is 0.783. The second-order valence-electron chi connectivity index (χ2n) is 3.35. The van der Waals surface area contributed by atoms with Gasteiger partial charge >= 0.3 is 5.97 Å². The normalized spacial score (nSPS) is 10.1. The largest absolute Gasteiger partial charge is 0.469 e. The molecule has 82 valence electrons. The minimum absolute atomic E-state index is 0.232. The van der Waals surface area contributed by atoms with Crippen LogP contribution in [-0.2, 0) is 16.6 Å². The molecule has 0 aromatic carbocycles. The minimum Gasteiger partial charge on any atom is -0.469 e. The van der Waals surface area contributed by atoms with Gasteiger partial charge in [-0.1, -0.05) is 0 Å². The lowest BCUT2D eigenvalue weighted by atomic mass is 10.1. The first kappa shape index (κ1) is 11.4. The number of nitrogens with zero attached hydrogens (tertiary/aromatic N) is 2. The van der Waals surface area contributed by atoms with Crippen molar-refractivity contribution in [2.75, 3.05) is 7.11 Å². The van der Waals surface area contributed by atoms with Gasteiger partial charge in [-0.15, -0.1) is 0 Å². The highest BCUT2D eigenvalue weighted by Gasteiger charge is 2.19. The lowest BCUT2D eigenvalue weighted by Crippen LogP contribution is -2.11. The molecule has 5 heteroatoms. The molecular weight excluding hydrogens is 196 g/mol. The van der Waals surface area contributed by atoms with E-state index in [1.165, 1.54) is 7.11 Å². The Hall–Kier alpha value is -1.65. The highest BCUT2D eigenvalue weighted by atomic mass is 16.5. The fourth-order valence-electron chi connectivity index (χ4n) is 1.47. The third-order valence-electron chi connectivity index (χ3n) is 2.32. The number of methoxy groups -OCH3 is 1. The van der Waals surface area contributed by atoms with Crippen molar-refractivity contribution >= 4 is 11.8 Å². The van der Waals surface area contributed by atoms with Crippen LogP contribution in [0, 0.1) is 13.8 Å². The third-order valence-corrected chi connectivity index (χ3v) is 2.32. The van der Waals surface area contributed by atoms with Gasteiger partial charge in [0.25, 0.3) is 0 Å². The van der Waals surface area contributed by atoms with Gasteiger partial charge in [0.05, 0.1) is 18.4 Å².